The van der Waals surface area contributed by atoms with E-state index >= 15 is 0 Å². The molecule has 0 aliphatic heterocycles. The SMILES string of the molecule is CCCNc1nc(C2CC3CCC2C3)nc(C)c1Br. The standard InChI is InChI=1S/C15H22BrN3/c1-3-6-17-15-13(16)9(2)18-14(19-15)12-8-10-4-5-11(12)7-10/h10-12H,3-8H2,1-2H3,(H,17,18,19). The van der Waals surface area contributed by atoms with Crippen LogP contribution < -0.4 is 5.32 Å². The number of nitrogens with one attached hydrogen (secondary N) is 1. The summed E-state index contributed by atoms with van der Waals surface area (Å²) in [6.07, 6.45) is 6.63. The highest BCUT2D eigenvalue weighted by atomic mass is 79.9. The van der Waals surface area contributed by atoms with Crippen LogP contribution in [-0.2, 0) is 0 Å². The van der Waals surface area contributed by atoms with E-state index in [1.54, 1.807) is 0 Å². The fourth-order valence-corrected chi connectivity index (χ4v) is 3.99. The first kappa shape index (κ1) is 13.3. The number of anilines is 1. The number of hydrogen-bond acceptors (Lipinski definition) is 3. The van der Waals surface area contributed by atoms with Crippen LogP contribution in [0.2, 0.25) is 0 Å². The summed E-state index contributed by atoms with van der Waals surface area (Å²) in [6.45, 7) is 5.20. The van der Waals surface area contributed by atoms with Crippen LogP contribution in [0.25, 0.3) is 0 Å². The fourth-order valence-electron chi connectivity index (χ4n) is 3.67. The van der Waals surface area contributed by atoms with Crippen molar-refractivity contribution in [2.45, 2.75) is 51.9 Å². The van der Waals surface area contributed by atoms with E-state index < -0.39 is 0 Å². The maximum atomic E-state index is 4.80. The Morgan fingerprint density at radius 1 is 1.26 bits per heavy atom. The van der Waals surface area contributed by atoms with E-state index in [0.29, 0.717) is 5.92 Å². The highest BCUT2D eigenvalue weighted by Crippen LogP contribution is 2.52. The van der Waals surface area contributed by atoms with E-state index in [1.807, 2.05) is 0 Å². The van der Waals surface area contributed by atoms with E-state index in [0.717, 1.165) is 46.6 Å². The predicted octanol–water partition coefficient (Wildman–Crippen LogP) is 4.27. The van der Waals surface area contributed by atoms with E-state index in [9.17, 15) is 0 Å². The number of nitrogens with zero attached hydrogens (tertiary/aromatic N) is 2. The smallest absolute Gasteiger partial charge is 0.144 e. The van der Waals surface area contributed by atoms with Crippen molar-refractivity contribution in [3.05, 3.63) is 16.0 Å². The Labute approximate surface area is 123 Å². The van der Waals surface area contributed by atoms with Gasteiger partial charge in [0, 0.05) is 12.5 Å². The van der Waals surface area contributed by atoms with Crippen LogP contribution in [0.4, 0.5) is 5.82 Å². The van der Waals surface area contributed by atoms with E-state index in [-0.39, 0.29) is 0 Å². The van der Waals surface area contributed by atoms with E-state index in [2.05, 4.69) is 35.1 Å². The largest absolute Gasteiger partial charge is 0.369 e. The molecule has 0 aromatic carbocycles. The lowest BCUT2D eigenvalue weighted by Gasteiger charge is -2.21. The molecule has 1 N–H and O–H groups in total. The third kappa shape index (κ3) is 2.51. The number of aryl methyl sites for hydroxylation is 1. The summed E-state index contributed by atoms with van der Waals surface area (Å²) >= 11 is 3.61. The third-order valence-electron chi connectivity index (χ3n) is 4.65. The van der Waals surface area contributed by atoms with Gasteiger partial charge in [-0.05, 0) is 60.4 Å². The number of halogens is 1. The first-order chi connectivity index (χ1) is 9.19. The molecule has 3 nitrogen and oxygen atoms in total. The highest BCUT2D eigenvalue weighted by molar-refractivity contribution is 9.10. The van der Waals surface area contributed by atoms with Crippen LogP contribution in [0.3, 0.4) is 0 Å². The van der Waals surface area contributed by atoms with Crippen LogP contribution in [0.5, 0.6) is 0 Å². The van der Waals surface area contributed by atoms with Gasteiger partial charge in [-0.1, -0.05) is 13.3 Å². The van der Waals surface area contributed by atoms with Gasteiger partial charge in [-0.2, -0.15) is 0 Å². The quantitative estimate of drug-likeness (QED) is 0.898. The zero-order valence-corrected chi connectivity index (χ0v) is 13.3. The lowest BCUT2D eigenvalue weighted by Crippen LogP contribution is -2.15. The Kier molecular flexibility index (Phi) is 3.79. The van der Waals surface area contributed by atoms with Gasteiger partial charge in [0.05, 0.1) is 10.2 Å². The Morgan fingerprint density at radius 3 is 2.74 bits per heavy atom. The van der Waals surface area contributed by atoms with Crippen LogP contribution in [0, 0.1) is 18.8 Å². The molecule has 4 heteroatoms. The lowest BCUT2D eigenvalue weighted by atomic mass is 9.88. The maximum Gasteiger partial charge on any atom is 0.144 e. The molecule has 3 unspecified atom stereocenters. The molecule has 0 radical (unpaired) electrons. The predicted molar refractivity (Wildman–Crippen MR) is 81.4 cm³/mol. The molecule has 2 saturated carbocycles. The first-order valence-corrected chi connectivity index (χ1v) is 8.26. The molecule has 2 aliphatic carbocycles. The van der Waals surface area contributed by atoms with Gasteiger partial charge in [0.2, 0.25) is 0 Å². The fraction of sp³-hybridized carbons (Fsp3) is 0.733. The number of fused-ring (bicyclic) bond motifs is 2. The van der Waals surface area contributed by atoms with Crippen molar-refractivity contribution in [1.29, 1.82) is 0 Å². The highest BCUT2D eigenvalue weighted by Gasteiger charge is 2.41. The second-order valence-electron chi connectivity index (χ2n) is 6.04. The van der Waals surface area contributed by atoms with Crippen molar-refractivity contribution in [3.63, 3.8) is 0 Å². The van der Waals surface area contributed by atoms with Crippen molar-refractivity contribution < 1.29 is 0 Å². The molecule has 1 aromatic rings. The molecule has 0 spiro atoms. The minimum atomic E-state index is 0.604. The summed E-state index contributed by atoms with van der Waals surface area (Å²) < 4.78 is 1.02. The van der Waals surface area contributed by atoms with Gasteiger partial charge in [0.25, 0.3) is 0 Å². The number of aromatic nitrogens is 2. The minimum Gasteiger partial charge on any atom is -0.369 e. The van der Waals surface area contributed by atoms with Crippen LogP contribution in [-0.4, -0.2) is 16.5 Å². The van der Waals surface area contributed by atoms with Crippen molar-refractivity contribution in [2.75, 3.05) is 11.9 Å². The van der Waals surface area contributed by atoms with Gasteiger partial charge >= 0.3 is 0 Å². The molecule has 19 heavy (non-hydrogen) atoms. The average Bonchev–Trinajstić information content (AvgIpc) is 3.02. The van der Waals surface area contributed by atoms with Crippen LogP contribution in [0.1, 0.15) is 56.5 Å². The minimum absolute atomic E-state index is 0.604. The van der Waals surface area contributed by atoms with Gasteiger partial charge in [-0.15, -0.1) is 0 Å². The molecule has 0 amide bonds. The zero-order valence-electron chi connectivity index (χ0n) is 11.7. The van der Waals surface area contributed by atoms with E-state index in [1.165, 1.54) is 25.7 Å². The lowest BCUT2D eigenvalue weighted by molar-refractivity contribution is 0.405. The summed E-state index contributed by atoms with van der Waals surface area (Å²) in [6, 6.07) is 0. The topological polar surface area (TPSA) is 37.8 Å². The first-order valence-electron chi connectivity index (χ1n) is 7.47. The molecule has 1 heterocycles. The molecule has 2 fully saturated rings. The molecule has 3 rings (SSSR count). The Hall–Kier alpha value is -0.640. The van der Waals surface area contributed by atoms with Crippen molar-refractivity contribution in [1.82, 2.24) is 9.97 Å². The van der Waals surface area contributed by atoms with Crippen molar-refractivity contribution >= 4 is 21.7 Å². The molecule has 2 aliphatic rings. The van der Waals surface area contributed by atoms with Crippen molar-refractivity contribution in [2.24, 2.45) is 11.8 Å². The van der Waals surface area contributed by atoms with Gasteiger partial charge < -0.3 is 5.32 Å². The summed E-state index contributed by atoms with van der Waals surface area (Å²) in [5, 5.41) is 3.41. The van der Waals surface area contributed by atoms with Crippen LogP contribution >= 0.6 is 15.9 Å². The Morgan fingerprint density at radius 2 is 2.11 bits per heavy atom. The van der Waals surface area contributed by atoms with E-state index in [4.69, 9.17) is 9.97 Å². The molecule has 1 aromatic heterocycles. The Balaban J connectivity index is 1.87. The summed E-state index contributed by atoms with van der Waals surface area (Å²) in [5.74, 6) is 4.44. The second kappa shape index (κ2) is 5.39. The maximum absolute atomic E-state index is 4.80. The third-order valence-corrected chi connectivity index (χ3v) is 5.60. The van der Waals surface area contributed by atoms with Crippen molar-refractivity contribution in [3.8, 4) is 0 Å². The molecule has 3 atom stereocenters. The monoisotopic (exact) mass is 323 g/mol. The Bertz CT molecular complexity index is 475. The summed E-state index contributed by atoms with van der Waals surface area (Å²) in [7, 11) is 0. The molecule has 2 bridgehead atoms. The van der Waals surface area contributed by atoms with Gasteiger partial charge in [-0.3, -0.25) is 0 Å². The zero-order chi connectivity index (χ0) is 13.4. The van der Waals surface area contributed by atoms with Crippen LogP contribution in [0.15, 0.2) is 4.47 Å². The van der Waals surface area contributed by atoms with Gasteiger partial charge in [0.1, 0.15) is 11.6 Å². The average molecular weight is 324 g/mol. The van der Waals surface area contributed by atoms with Gasteiger partial charge in [-0.25, -0.2) is 9.97 Å². The molecular formula is C15H22BrN3. The normalized spacial score (nSPS) is 28.9. The summed E-state index contributed by atoms with van der Waals surface area (Å²) in [4.78, 5) is 9.55. The summed E-state index contributed by atoms with van der Waals surface area (Å²) in [5.41, 5.74) is 1.06. The molecule has 0 saturated heterocycles. The number of rotatable bonds is 4. The van der Waals surface area contributed by atoms with Gasteiger partial charge in [0.15, 0.2) is 0 Å². The molecule has 104 valence electrons. The molecular weight excluding hydrogens is 302 g/mol. The second-order valence-corrected chi connectivity index (χ2v) is 6.83. The number of hydrogen-bond donors (Lipinski definition) is 1.